The topological polar surface area (TPSA) is 106 Å². The number of nitro groups is 1. The highest BCUT2D eigenvalue weighted by Crippen LogP contribution is 2.33. The van der Waals surface area contributed by atoms with Crippen LogP contribution in [0.15, 0.2) is 53.5 Å². The van der Waals surface area contributed by atoms with Crippen LogP contribution in [-0.2, 0) is 0 Å². The molecule has 126 valence electrons. The SMILES string of the molecule is O=[N+]([O-])c1c(Nc2ccncc2)ncnc1Nc1ccc(Br)cc1F. The lowest BCUT2D eigenvalue weighted by atomic mass is 10.3. The number of nitrogens with zero attached hydrogens (tertiary/aromatic N) is 4. The molecule has 8 nitrogen and oxygen atoms in total. The summed E-state index contributed by atoms with van der Waals surface area (Å²) in [6.45, 7) is 0. The maximum atomic E-state index is 14.0. The maximum absolute atomic E-state index is 14.0. The highest BCUT2D eigenvalue weighted by atomic mass is 79.9. The summed E-state index contributed by atoms with van der Waals surface area (Å²) in [6.07, 6.45) is 4.22. The molecule has 0 radical (unpaired) electrons. The van der Waals surface area contributed by atoms with Gasteiger partial charge in [-0.2, -0.15) is 0 Å². The van der Waals surface area contributed by atoms with Crippen LogP contribution in [0.2, 0.25) is 0 Å². The summed E-state index contributed by atoms with van der Waals surface area (Å²) in [5.41, 5.74) is 0.221. The molecule has 2 N–H and O–H groups in total. The van der Waals surface area contributed by atoms with E-state index >= 15 is 0 Å². The van der Waals surface area contributed by atoms with Crippen LogP contribution in [0.1, 0.15) is 0 Å². The molecule has 10 heteroatoms. The van der Waals surface area contributed by atoms with E-state index in [1.54, 1.807) is 18.2 Å². The predicted molar refractivity (Wildman–Crippen MR) is 93.6 cm³/mol. The average Bonchev–Trinajstić information content (AvgIpc) is 2.58. The standard InChI is InChI=1S/C15H10BrFN6O2/c16-9-1-2-12(11(17)7-9)22-15-13(23(24)25)14(19-8-20-15)21-10-3-5-18-6-4-10/h1-8H,(H2,18,19,20,21,22). The van der Waals surface area contributed by atoms with E-state index in [2.05, 4.69) is 41.5 Å². The van der Waals surface area contributed by atoms with Crippen LogP contribution in [0, 0.1) is 15.9 Å². The van der Waals surface area contributed by atoms with Gasteiger partial charge in [0.25, 0.3) is 0 Å². The monoisotopic (exact) mass is 404 g/mol. The second-order valence-electron chi connectivity index (χ2n) is 4.79. The summed E-state index contributed by atoms with van der Waals surface area (Å²) in [4.78, 5) is 22.5. The molecule has 0 saturated heterocycles. The highest BCUT2D eigenvalue weighted by Gasteiger charge is 2.24. The van der Waals surface area contributed by atoms with Crippen LogP contribution >= 0.6 is 15.9 Å². The lowest BCUT2D eigenvalue weighted by molar-refractivity contribution is -0.383. The molecule has 0 fully saturated rings. The van der Waals surface area contributed by atoms with E-state index in [0.717, 1.165) is 6.33 Å². The van der Waals surface area contributed by atoms with Gasteiger partial charge in [-0.05, 0) is 30.3 Å². The van der Waals surface area contributed by atoms with Crippen LogP contribution in [0.25, 0.3) is 0 Å². The third-order valence-electron chi connectivity index (χ3n) is 3.13. The Bertz CT molecular complexity index is 925. The Morgan fingerprint density at radius 1 is 1.08 bits per heavy atom. The number of pyridine rings is 1. The van der Waals surface area contributed by atoms with Gasteiger partial charge in [0.15, 0.2) is 0 Å². The highest BCUT2D eigenvalue weighted by molar-refractivity contribution is 9.10. The van der Waals surface area contributed by atoms with E-state index in [0.29, 0.717) is 10.2 Å². The zero-order valence-corrected chi connectivity index (χ0v) is 14.1. The predicted octanol–water partition coefficient (Wildman–Crippen LogP) is 4.17. The van der Waals surface area contributed by atoms with Crippen molar-refractivity contribution in [2.75, 3.05) is 10.6 Å². The number of benzene rings is 1. The van der Waals surface area contributed by atoms with E-state index < -0.39 is 16.4 Å². The summed E-state index contributed by atoms with van der Waals surface area (Å²) in [5, 5.41) is 17.0. The molecule has 0 aliphatic carbocycles. The van der Waals surface area contributed by atoms with Gasteiger partial charge < -0.3 is 10.6 Å². The molecular formula is C15H10BrFN6O2. The zero-order chi connectivity index (χ0) is 17.8. The molecule has 0 aliphatic rings. The number of anilines is 4. The summed E-state index contributed by atoms with van der Waals surface area (Å²) >= 11 is 3.15. The van der Waals surface area contributed by atoms with Crippen molar-refractivity contribution in [2.45, 2.75) is 0 Å². The van der Waals surface area contributed by atoms with Crippen molar-refractivity contribution in [1.29, 1.82) is 0 Å². The van der Waals surface area contributed by atoms with Gasteiger partial charge in [0, 0.05) is 22.6 Å². The van der Waals surface area contributed by atoms with E-state index in [1.165, 1.54) is 24.5 Å². The largest absolute Gasteiger partial charge is 0.353 e. The smallest absolute Gasteiger partial charge is 0.334 e. The van der Waals surface area contributed by atoms with Crippen molar-refractivity contribution in [3.63, 3.8) is 0 Å². The lowest BCUT2D eigenvalue weighted by Crippen LogP contribution is -2.06. The minimum atomic E-state index is -0.636. The van der Waals surface area contributed by atoms with E-state index in [-0.39, 0.29) is 17.3 Å². The van der Waals surface area contributed by atoms with Gasteiger partial charge in [-0.1, -0.05) is 15.9 Å². The molecule has 2 aromatic heterocycles. The fraction of sp³-hybridized carbons (Fsp3) is 0. The van der Waals surface area contributed by atoms with Gasteiger partial charge in [-0.3, -0.25) is 15.1 Å². The third kappa shape index (κ3) is 3.86. The first-order valence-corrected chi connectivity index (χ1v) is 7.72. The fourth-order valence-corrected chi connectivity index (χ4v) is 2.36. The first-order chi connectivity index (χ1) is 12.0. The quantitative estimate of drug-likeness (QED) is 0.485. The second-order valence-corrected chi connectivity index (χ2v) is 5.70. The molecule has 25 heavy (non-hydrogen) atoms. The number of hydrogen-bond acceptors (Lipinski definition) is 7. The number of aromatic nitrogens is 3. The summed E-state index contributed by atoms with van der Waals surface area (Å²) in [6, 6.07) is 7.56. The minimum absolute atomic E-state index is 0.0220. The lowest BCUT2D eigenvalue weighted by Gasteiger charge is -2.10. The van der Waals surface area contributed by atoms with Crippen molar-refractivity contribution in [3.05, 3.63) is 69.5 Å². The molecule has 0 spiro atoms. The number of hydrogen-bond donors (Lipinski definition) is 2. The van der Waals surface area contributed by atoms with Crippen molar-refractivity contribution in [2.24, 2.45) is 0 Å². The zero-order valence-electron chi connectivity index (χ0n) is 12.5. The molecule has 3 rings (SSSR count). The van der Waals surface area contributed by atoms with E-state index in [1.807, 2.05) is 0 Å². The van der Waals surface area contributed by atoms with Gasteiger partial charge in [-0.25, -0.2) is 14.4 Å². The van der Waals surface area contributed by atoms with Gasteiger partial charge in [0.2, 0.25) is 11.6 Å². The fourth-order valence-electron chi connectivity index (χ4n) is 2.03. The van der Waals surface area contributed by atoms with Crippen LogP contribution in [0.4, 0.5) is 33.1 Å². The first kappa shape index (κ1) is 16.7. The molecule has 0 saturated carbocycles. The van der Waals surface area contributed by atoms with Gasteiger partial charge in [0.1, 0.15) is 12.1 Å². The van der Waals surface area contributed by atoms with Crippen molar-refractivity contribution < 1.29 is 9.31 Å². The molecule has 1 aromatic carbocycles. The Morgan fingerprint density at radius 2 is 1.76 bits per heavy atom. The van der Waals surface area contributed by atoms with Crippen molar-refractivity contribution in [3.8, 4) is 0 Å². The number of nitrogens with one attached hydrogen (secondary N) is 2. The molecule has 0 unspecified atom stereocenters. The Labute approximate surface area is 149 Å². The van der Waals surface area contributed by atoms with Crippen molar-refractivity contribution in [1.82, 2.24) is 15.0 Å². The summed E-state index contributed by atoms with van der Waals surface area (Å²) < 4.78 is 14.5. The van der Waals surface area contributed by atoms with E-state index in [9.17, 15) is 14.5 Å². The Hall–Kier alpha value is -3.14. The van der Waals surface area contributed by atoms with Gasteiger partial charge >= 0.3 is 5.69 Å². The molecule has 0 amide bonds. The number of halogens is 2. The van der Waals surface area contributed by atoms with Crippen LogP contribution < -0.4 is 10.6 Å². The molecular weight excluding hydrogens is 395 g/mol. The first-order valence-electron chi connectivity index (χ1n) is 6.93. The van der Waals surface area contributed by atoms with Gasteiger partial charge in [0.05, 0.1) is 10.6 Å². The average molecular weight is 405 g/mol. The summed E-state index contributed by atoms with van der Waals surface area (Å²) in [7, 11) is 0. The Kier molecular flexibility index (Phi) is 4.80. The van der Waals surface area contributed by atoms with Crippen molar-refractivity contribution >= 4 is 44.6 Å². The molecule has 0 bridgehead atoms. The van der Waals surface area contributed by atoms with Crippen LogP contribution in [0.5, 0.6) is 0 Å². The second kappa shape index (κ2) is 7.18. The van der Waals surface area contributed by atoms with Crippen LogP contribution in [-0.4, -0.2) is 19.9 Å². The molecule has 3 aromatic rings. The normalized spacial score (nSPS) is 10.3. The molecule has 2 heterocycles. The minimum Gasteiger partial charge on any atom is -0.334 e. The molecule has 0 atom stereocenters. The Morgan fingerprint density at radius 3 is 2.40 bits per heavy atom. The van der Waals surface area contributed by atoms with E-state index in [4.69, 9.17) is 0 Å². The number of rotatable bonds is 5. The Balaban J connectivity index is 1.99. The van der Waals surface area contributed by atoms with Gasteiger partial charge in [-0.15, -0.1) is 0 Å². The van der Waals surface area contributed by atoms with Crippen LogP contribution in [0.3, 0.4) is 0 Å². The maximum Gasteiger partial charge on any atom is 0.353 e. The third-order valence-corrected chi connectivity index (χ3v) is 3.63. The summed E-state index contributed by atoms with van der Waals surface area (Å²) in [5.74, 6) is -0.727. The molecule has 0 aliphatic heterocycles.